The van der Waals surface area contributed by atoms with Crippen LogP contribution in [0.2, 0.25) is 0 Å². The van der Waals surface area contributed by atoms with Crippen molar-refractivity contribution in [3.63, 3.8) is 0 Å². The van der Waals surface area contributed by atoms with Gasteiger partial charge in [-0.2, -0.15) is 0 Å². The molecule has 0 bridgehead atoms. The lowest BCUT2D eigenvalue weighted by Crippen LogP contribution is -2.36. The molecular formula is C30H26N2O3. The van der Waals surface area contributed by atoms with Crippen molar-refractivity contribution in [2.75, 3.05) is 23.3 Å². The number of nitrogens with zero attached hydrogens (tertiary/aromatic N) is 1. The largest absolute Gasteiger partial charge is 0.456 e. The van der Waals surface area contributed by atoms with Crippen molar-refractivity contribution in [3.8, 4) is 11.5 Å². The Bertz CT molecular complexity index is 1430. The number of esters is 1. The van der Waals surface area contributed by atoms with Gasteiger partial charge in [0.15, 0.2) is 5.60 Å². The van der Waals surface area contributed by atoms with Crippen molar-refractivity contribution in [2.24, 2.45) is 0 Å². The Balaban J connectivity index is 1.69. The Morgan fingerprint density at radius 3 is 2.23 bits per heavy atom. The van der Waals surface area contributed by atoms with E-state index >= 15 is 0 Å². The number of nitrogens with one attached hydrogen (secondary N) is 1. The summed E-state index contributed by atoms with van der Waals surface area (Å²) in [6.45, 7) is 5.83. The molecule has 0 fully saturated rings. The van der Waals surface area contributed by atoms with E-state index < -0.39 is 5.60 Å². The lowest BCUT2D eigenvalue weighted by Gasteiger charge is -2.40. The van der Waals surface area contributed by atoms with Gasteiger partial charge in [0, 0.05) is 29.9 Å². The monoisotopic (exact) mass is 462 g/mol. The summed E-state index contributed by atoms with van der Waals surface area (Å²) in [7, 11) is 0. The van der Waals surface area contributed by atoms with Crippen LogP contribution in [-0.4, -0.2) is 19.1 Å². The normalized spacial score (nSPS) is 17.1. The number of anilines is 3. The molecule has 35 heavy (non-hydrogen) atoms. The molecule has 0 radical (unpaired) electrons. The average molecular weight is 463 g/mol. The van der Waals surface area contributed by atoms with Crippen molar-refractivity contribution >= 4 is 23.0 Å². The number of benzene rings is 4. The van der Waals surface area contributed by atoms with E-state index in [-0.39, 0.29) is 5.97 Å². The number of rotatable bonds is 5. The third-order valence-electron chi connectivity index (χ3n) is 6.88. The number of carbonyl (C=O) groups excluding carboxylic acids is 1. The van der Waals surface area contributed by atoms with Gasteiger partial charge in [-0.15, -0.1) is 0 Å². The number of hydrogen-bond acceptors (Lipinski definition) is 5. The van der Waals surface area contributed by atoms with Crippen LogP contribution in [0.15, 0.2) is 91.0 Å². The maximum Gasteiger partial charge on any atom is 0.340 e. The summed E-state index contributed by atoms with van der Waals surface area (Å²) >= 11 is 0. The molecule has 5 heteroatoms. The summed E-state index contributed by atoms with van der Waals surface area (Å²) in [5, 5.41) is 3.60. The Hall–Kier alpha value is -4.25. The van der Waals surface area contributed by atoms with Crippen molar-refractivity contribution < 1.29 is 14.3 Å². The van der Waals surface area contributed by atoms with E-state index in [0.29, 0.717) is 17.1 Å². The number of ether oxygens (including phenoxy) is 2. The molecule has 2 heterocycles. The molecule has 174 valence electrons. The summed E-state index contributed by atoms with van der Waals surface area (Å²) < 4.78 is 12.9. The highest BCUT2D eigenvalue weighted by atomic mass is 16.6. The minimum Gasteiger partial charge on any atom is -0.456 e. The number of fused-ring (bicyclic) bond motifs is 6. The van der Waals surface area contributed by atoms with Gasteiger partial charge in [0.25, 0.3) is 0 Å². The van der Waals surface area contributed by atoms with E-state index in [0.717, 1.165) is 46.8 Å². The first-order valence-corrected chi connectivity index (χ1v) is 12.0. The molecule has 2 aliphatic heterocycles. The zero-order valence-corrected chi connectivity index (χ0v) is 19.7. The highest BCUT2D eigenvalue weighted by molar-refractivity contribution is 5.98. The first-order valence-electron chi connectivity index (χ1n) is 12.0. The molecule has 4 aromatic rings. The number of hydrogen-bond donors (Lipinski definition) is 1. The predicted octanol–water partition coefficient (Wildman–Crippen LogP) is 6.84. The van der Waals surface area contributed by atoms with Crippen LogP contribution in [0.5, 0.6) is 11.5 Å². The number of carbonyl (C=O) groups is 1. The van der Waals surface area contributed by atoms with Gasteiger partial charge in [-0.05, 0) is 50.2 Å². The number of para-hydroxylation sites is 2. The summed E-state index contributed by atoms with van der Waals surface area (Å²) in [4.78, 5) is 15.6. The van der Waals surface area contributed by atoms with E-state index in [1.807, 2.05) is 91.0 Å². The van der Waals surface area contributed by atoms with Crippen LogP contribution in [-0.2, 0) is 10.3 Å². The quantitative estimate of drug-likeness (QED) is 0.329. The molecule has 5 nitrogen and oxygen atoms in total. The SMILES string of the molecule is CCN(CC)c1c(Nc2ccccc2)ccc2c1C1(OC(=O)c3ccccc31)c1ccccc1O2. The van der Waals surface area contributed by atoms with Gasteiger partial charge in [0.2, 0.25) is 0 Å². The second kappa shape index (κ2) is 8.20. The molecule has 1 atom stereocenters. The van der Waals surface area contributed by atoms with Gasteiger partial charge >= 0.3 is 5.97 Å². The van der Waals surface area contributed by atoms with Crippen LogP contribution in [0.25, 0.3) is 0 Å². The fraction of sp³-hybridized carbons (Fsp3) is 0.167. The summed E-state index contributed by atoms with van der Waals surface area (Å²) in [5.41, 5.74) is 4.88. The van der Waals surface area contributed by atoms with Crippen LogP contribution in [0.3, 0.4) is 0 Å². The molecule has 1 unspecified atom stereocenters. The van der Waals surface area contributed by atoms with E-state index in [1.54, 1.807) is 0 Å². The van der Waals surface area contributed by atoms with Gasteiger partial charge in [-0.1, -0.05) is 54.6 Å². The van der Waals surface area contributed by atoms with E-state index in [2.05, 4.69) is 24.1 Å². The van der Waals surface area contributed by atoms with Crippen molar-refractivity contribution in [2.45, 2.75) is 19.4 Å². The first-order chi connectivity index (χ1) is 17.2. The van der Waals surface area contributed by atoms with Gasteiger partial charge in [-0.25, -0.2) is 4.79 Å². The molecule has 6 rings (SSSR count). The van der Waals surface area contributed by atoms with Crippen LogP contribution in [0, 0.1) is 0 Å². The van der Waals surface area contributed by atoms with E-state index in [9.17, 15) is 4.79 Å². The van der Waals surface area contributed by atoms with E-state index in [4.69, 9.17) is 9.47 Å². The Labute approximate surface area is 204 Å². The molecule has 0 aromatic heterocycles. The lowest BCUT2D eigenvalue weighted by molar-refractivity contribution is 0.0226. The fourth-order valence-corrected chi connectivity index (χ4v) is 5.35. The minimum absolute atomic E-state index is 0.324. The van der Waals surface area contributed by atoms with E-state index in [1.165, 1.54) is 0 Å². The minimum atomic E-state index is -1.11. The maximum absolute atomic E-state index is 13.3. The summed E-state index contributed by atoms with van der Waals surface area (Å²) in [6.07, 6.45) is 0. The van der Waals surface area contributed by atoms with Gasteiger partial charge in [-0.3, -0.25) is 0 Å². The van der Waals surface area contributed by atoms with Crippen molar-refractivity contribution in [3.05, 3.63) is 113 Å². The molecule has 0 saturated heterocycles. The Morgan fingerprint density at radius 2 is 1.46 bits per heavy atom. The van der Waals surface area contributed by atoms with Crippen LogP contribution >= 0.6 is 0 Å². The zero-order valence-electron chi connectivity index (χ0n) is 19.7. The zero-order chi connectivity index (χ0) is 24.0. The summed E-state index contributed by atoms with van der Waals surface area (Å²) in [5.74, 6) is 1.06. The standard InChI is InChI=1S/C30H26N2O3/c1-3-32(4-2)28-24(31-20-12-6-5-7-13-20)18-19-26-27(28)30(23-16-10-11-17-25(23)34-26)22-15-9-8-14-21(22)29(33)35-30/h5-19,31H,3-4H2,1-2H3. The predicted molar refractivity (Wildman–Crippen MR) is 138 cm³/mol. The lowest BCUT2D eigenvalue weighted by atomic mass is 9.76. The van der Waals surface area contributed by atoms with Gasteiger partial charge in [0.1, 0.15) is 11.5 Å². The molecular weight excluding hydrogens is 436 g/mol. The van der Waals surface area contributed by atoms with Crippen LogP contribution in [0.4, 0.5) is 17.1 Å². The highest BCUT2D eigenvalue weighted by Crippen LogP contribution is 2.59. The van der Waals surface area contributed by atoms with Crippen LogP contribution < -0.4 is 15.0 Å². The van der Waals surface area contributed by atoms with Crippen molar-refractivity contribution in [1.82, 2.24) is 0 Å². The maximum atomic E-state index is 13.3. The molecule has 1 spiro atoms. The molecule has 0 aliphatic carbocycles. The first kappa shape index (κ1) is 21.3. The molecule has 0 saturated carbocycles. The molecule has 2 aliphatic rings. The molecule has 0 amide bonds. The fourth-order valence-electron chi connectivity index (χ4n) is 5.35. The van der Waals surface area contributed by atoms with Crippen molar-refractivity contribution in [1.29, 1.82) is 0 Å². The Kier molecular flexibility index (Phi) is 4.99. The Morgan fingerprint density at radius 1 is 0.771 bits per heavy atom. The van der Waals surface area contributed by atoms with Crippen LogP contribution in [0.1, 0.15) is 40.9 Å². The smallest absolute Gasteiger partial charge is 0.340 e. The third-order valence-corrected chi connectivity index (χ3v) is 6.88. The average Bonchev–Trinajstić information content (AvgIpc) is 3.19. The summed E-state index contributed by atoms with van der Waals surface area (Å²) in [6, 6.07) is 29.6. The highest BCUT2D eigenvalue weighted by Gasteiger charge is 2.55. The molecule has 4 aromatic carbocycles. The second-order valence-corrected chi connectivity index (χ2v) is 8.71. The van der Waals surface area contributed by atoms with Gasteiger partial charge in [0.05, 0.1) is 22.5 Å². The second-order valence-electron chi connectivity index (χ2n) is 8.71. The molecule has 1 N–H and O–H groups in total. The van der Waals surface area contributed by atoms with Gasteiger partial charge < -0.3 is 19.7 Å². The third kappa shape index (κ3) is 3.12. The topological polar surface area (TPSA) is 50.8 Å².